The van der Waals surface area contributed by atoms with Gasteiger partial charge in [-0.2, -0.15) is 0 Å². The summed E-state index contributed by atoms with van der Waals surface area (Å²) in [6.45, 7) is 0.616. The van der Waals surface area contributed by atoms with Gasteiger partial charge in [-0.3, -0.25) is 4.79 Å². The third-order valence-electron chi connectivity index (χ3n) is 3.77. The lowest BCUT2D eigenvalue weighted by Gasteiger charge is -2.08. The van der Waals surface area contributed by atoms with Crippen LogP contribution in [0, 0.1) is 0 Å². The van der Waals surface area contributed by atoms with Crippen LogP contribution in [-0.2, 0) is 13.0 Å². The van der Waals surface area contributed by atoms with Gasteiger partial charge in [0.15, 0.2) is 5.78 Å². The molecular formula is C19H15Cl3N2O. The van der Waals surface area contributed by atoms with Gasteiger partial charge in [-0.05, 0) is 53.9 Å². The minimum absolute atomic E-state index is 0.0329. The second-order valence-corrected chi connectivity index (χ2v) is 7.09. The zero-order chi connectivity index (χ0) is 17.8. The number of aromatic nitrogens is 2. The zero-order valence-electron chi connectivity index (χ0n) is 13.3. The molecule has 1 heterocycles. The van der Waals surface area contributed by atoms with E-state index >= 15 is 0 Å². The third-order valence-corrected chi connectivity index (χ3v) is 4.42. The Morgan fingerprint density at radius 3 is 2.28 bits per heavy atom. The van der Waals surface area contributed by atoms with E-state index in [1.807, 2.05) is 35.0 Å². The number of imidazole rings is 1. The largest absolute Gasteiger partial charge is 0.333 e. The Hall–Kier alpha value is -1.81. The van der Waals surface area contributed by atoms with Crippen LogP contribution in [0.5, 0.6) is 0 Å². The Morgan fingerprint density at radius 2 is 1.60 bits per heavy atom. The van der Waals surface area contributed by atoms with E-state index in [9.17, 15) is 4.79 Å². The number of halogens is 3. The first kappa shape index (κ1) is 18.0. The predicted octanol–water partition coefficient (Wildman–Crippen LogP) is 5.71. The smallest absolute Gasteiger partial charge is 0.163 e. The maximum absolute atomic E-state index is 12.6. The summed E-state index contributed by atoms with van der Waals surface area (Å²) in [5.41, 5.74) is 2.50. The molecule has 0 unspecified atom stereocenters. The quantitative estimate of drug-likeness (QED) is 0.503. The molecule has 2 aromatic carbocycles. The van der Waals surface area contributed by atoms with Crippen LogP contribution < -0.4 is 0 Å². The minimum Gasteiger partial charge on any atom is -0.333 e. The average molecular weight is 394 g/mol. The maximum Gasteiger partial charge on any atom is 0.163 e. The Balaban J connectivity index is 1.72. The van der Waals surface area contributed by atoms with Crippen molar-refractivity contribution >= 4 is 40.6 Å². The van der Waals surface area contributed by atoms with Crippen molar-refractivity contribution < 1.29 is 4.79 Å². The predicted molar refractivity (Wildman–Crippen MR) is 102 cm³/mol. The zero-order valence-corrected chi connectivity index (χ0v) is 15.5. The van der Waals surface area contributed by atoms with E-state index in [0.29, 0.717) is 40.0 Å². The molecule has 0 amide bonds. The summed E-state index contributed by atoms with van der Waals surface area (Å²) >= 11 is 18.2. The molecule has 1 aromatic heterocycles. The molecular weight excluding hydrogens is 379 g/mol. The number of benzene rings is 2. The second-order valence-electron chi connectivity index (χ2n) is 5.78. The molecule has 0 bridgehead atoms. The van der Waals surface area contributed by atoms with Gasteiger partial charge < -0.3 is 4.57 Å². The highest BCUT2D eigenvalue weighted by atomic mass is 35.5. The van der Waals surface area contributed by atoms with E-state index in [2.05, 4.69) is 4.98 Å². The number of nitrogens with zero attached hydrogens (tertiary/aromatic N) is 2. The van der Waals surface area contributed by atoms with Crippen LogP contribution in [-0.4, -0.2) is 15.3 Å². The lowest BCUT2D eigenvalue weighted by Crippen LogP contribution is -2.04. The van der Waals surface area contributed by atoms with Gasteiger partial charge >= 0.3 is 0 Å². The summed E-state index contributed by atoms with van der Waals surface area (Å²) in [6.07, 6.45) is 6.24. The van der Waals surface area contributed by atoms with Crippen LogP contribution in [0.15, 0.2) is 55.1 Å². The summed E-state index contributed by atoms with van der Waals surface area (Å²) in [5.74, 6) is 0.0329. The monoisotopic (exact) mass is 392 g/mol. The van der Waals surface area contributed by atoms with Gasteiger partial charge in [0.1, 0.15) is 0 Å². The number of hydrogen-bond acceptors (Lipinski definition) is 2. The van der Waals surface area contributed by atoms with Gasteiger partial charge in [-0.25, -0.2) is 4.98 Å². The van der Waals surface area contributed by atoms with Crippen molar-refractivity contribution in [3.8, 4) is 0 Å². The molecule has 3 nitrogen and oxygen atoms in total. The highest BCUT2D eigenvalue weighted by Crippen LogP contribution is 2.22. The van der Waals surface area contributed by atoms with Gasteiger partial charge in [0, 0.05) is 46.0 Å². The van der Waals surface area contributed by atoms with Crippen molar-refractivity contribution in [2.75, 3.05) is 0 Å². The van der Waals surface area contributed by atoms with Gasteiger partial charge in [0.2, 0.25) is 0 Å². The van der Waals surface area contributed by atoms with E-state index in [1.54, 1.807) is 24.7 Å². The summed E-state index contributed by atoms with van der Waals surface area (Å²) in [4.78, 5) is 16.6. The number of carbonyl (C=O) groups excluding carboxylic acids is 1. The molecule has 0 aliphatic carbocycles. The first-order valence-corrected chi connectivity index (χ1v) is 8.86. The van der Waals surface area contributed by atoms with Crippen LogP contribution in [0.3, 0.4) is 0 Å². The summed E-state index contributed by atoms with van der Waals surface area (Å²) in [6, 6.07) is 10.8. The topological polar surface area (TPSA) is 34.9 Å². The molecule has 0 atom stereocenters. The summed E-state index contributed by atoms with van der Waals surface area (Å²) in [5, 5.41) is 1.69. The highest BCUT2D eigenvalue weighted by Gasteiger charge is 2.10. The Bertz CT molecular complexity index is 871. The lowest BCUT2D eigenvalue weighted by atomic mass is 10.0. The Morgan fingerprint density at radius 1 is 0.920 bits per heavy atom. The van der Waals surface area contributed by atoms with E-state index in [-0.39, 0.29) is 5.78 Å². The van der Waals surface area contributed by atoms with Crippen molar-refractivity contribution in [2.45, 2.75) is 19.4 Å². The van der Waals surface area contributed by atoms with E-state index < -0.39 is 0 Å². The van der Waals surface area contributed by atoms with Gasteiger partial charge in [-0.1, -0.05) is 34.8 Å². The van der Waals surface area contributed by atoms with Gasteiger partial charge in [-0.15, -0.1) is 0 Å². The fraction of sp³-hybridized carbons (Fsp3) is 0.158. The van der Waals surface area contributed by atoms with Gasteiger partial charge in [0.05, 0.1) is 6.33 Å². The molecule has 128 valence electrons. The molecule has 0 radical (unpaired) electrons. The van der Waals surface area contributed by atoms with Crippen LogP contribution in [0.2, 0.25) is 15.1 Å². The van der Waals surface area contributed by atoms with E-state index in [4.69, 9.17) is 34.8 Å². The number of aryl methyl sites for hydroxylation is 1. The van der Waals surface area contributed by atoms with Crippen molar-refractivity contribution in [1.29, 1.82) is 0 Å². The van der Waals surface area contributed by atoms with Crippen molar-refractivity contribution in [3.05, 3.63) is 86.9 Å². The molecule has 0 aliphatic rings. The first-order chi connectivity index (χ1) is 12.0. The summed E-state index contributed by atoms with van der Waals surface area (Å²) < 4.78 is 1.92. The average Bonchev–Trinajstić information content (AvgIpc) is 3.04. The number of carbonyl (C=O) groups is 1. The number of hydrogen-bond donors (Lipinski definition) is 0. The normalized spacial score (nSPS) is 10.8. The molecule has 0 saturated heterocycles. The molecule has 3 rings (SSSR count). The molecule has 0 aliphatic heterocycles. The van der Waals surface area contributed by atoms with Crippen LogP contribution in [0.1, 0.15) is 27.9 Å². The second kappa shape index (κ2) is 8.05. The number of Topliss-reactive ketones (excluding diaryl/α,β-unsaturated/α-hetero) is 1. The first-order valence-electron chi connectivity index (χ1n) is 7.73. The standard InChI is InChI=1S/C19H15Cl3N2O/c20-16-8-14(11-24-4-3-23-12-24)5-15(9-16)19(25)2-1-13-6-17(21)10-18(22)7-13/h3-10,12H,1-2,11H2. The third kappa shape index (κ3) is 5.08. The van der Waals surface area contributed by atoms with E-state index in [1.165, 1.54) is 0 Å². The molecule has 3 aromatic rings. The van der Waals surface area contributed by atoms with Crippen molar-refractivity contribution in [1.82, 2.24) is 9.55 Å². The summed E-state index contributed by atoms with van der Waals surface area (Å²) in [7, 11) is 0. The minimum atomic E-state index is 0.0329. The lowest BCUT2D eigenvalue weighted by molar-refractivity contribution is 0.0982. The van der Waals surface area contributed by atoms with Crippen LogP contribution in [0.4, 0.5) is 0 Å². The SMILES string of the molecule is O=C(CCc1cc(Cl)cc(Cl)c1)c1cc(Cl)cc(Cn2ccnc2)c1. The fourth-order valence-electron chi connectivity index (χ4n) is 2.65. The van der Waals surface area contributed by atoms with Crippen LogP contribution in [0.25, 0.3) is 0 Å². The van der Waals surface area contributed by atoms with Crippen molar-refractivity contribution in [2.24, 2.45) is 0 Å². The number of rotatable bonds is 6. The van der Waals surface area contributed by atoms with Crippen LogP contribution >= 0.6 is 34.8 Å². The van der Waals surface area contributed by atoms with Gasteiger partial charge in [0.25, 0.3) is 0 Å². The van der Waals surface area contributed by atoms with Crippen molar-refractivity contribution in [3.63, 3.8) is 0 Å². The molecule has 6 heteroatoms. The molecule has 0 fully saturated rings. The molecule has 25 heavy (non-hydrogen) atoms. The Kier molecular flexibility index (Phi) is 5.79. The highest BCUT2D eigenvalue weighted by molar-refractivity contribution is 6.34. The molecule has 0 saturated carbocycles. The molecule has 0 spiro atoms. The van der Waals surface area contributed by atoms with E-state index in [0.717, 1.165) is 11.1 Å². The molecule has 0 N–H and O–H groups in total. The Labute approximate surface area is 161 Å². The fourth-order valence-corrected chi connectivity index (χ4v) is 3.48. The number of ketones is 1. The maximum atomic E-state index is 12.6.